The van der Waals surface area contributed by atoms with E-state index in [0.29, 0.717) is 29.0 Å². The van der Waals surface area contributed by atoms with Crippen LogP contribution in [-0.2, 0) is 36.8 Å². The van der Waals surface area contributed by atoms with Crippen molar-refractivity contribution in [3.05, 3.63) is 135 Å². The molecule has 5 aromatic rings. The summed E-state index contributed by atoms with van der Waals surface area (Å²) in [5, 5.41) is 46.4. The van der Waals surface area contributed by atoms with E-state index in [2.05, 4.69) is 37.6 Å². The number of aromatic hydroxyl groups is 2. The molecule has 3 aliphatic rings. The molecule has 0 bridgehead atoms. The molecular weight excluding hydrogens is 1060 g/mol. The number of nitriles is 1. The Morgan fingerprint density at radius 1 is 0.741 bits per heavy atom. The number of ether oxygens (including phenoxy) is 2. The van der Waals surface area contributed by atoms with E-state index in [4.69, 9.17) is 9.47 Å². The number of nitrogens with one attached hydrogen (secondary N) is 5. The van der Waals surface area contributed by atoms with Gasteiger partial charge in [-0.25, -0.2) is 9.78 Å². The van der Waals surface area contributed by atoms with Gasteiger partial charge in [0.15, 0.2) is 5.78 Å². The van der Waals surface area contributed by atoms with Crippen molar-refractivity contribution in [2.75, 3.05) is 46.4 Å². The smallest absolute Gasteiger partial charge is 0.409 e. The molecule has 1 heterocycles. The third kappa shape index (κ3) is 13.0. The van der Waals surface area contributed by atoms with Gasteiger partial charge in [-0.2, -0.15) is 5.26 Å². The van der Waals surface area contributed by atoms with Crippen molar-refractivity contribution >= 4 is 59.0 Å². The van der Waals surface area contributed by atoms with E-state index < -0.39 is 70.8 Å². The van der Waals surface area contributed by atoms with Crippen LogP contribution < -0.4 is 31.3 Å². The van der Waals surface area contributed by atoms with Gasteiger partial charge >= 0.3 is 6.09 Å². The van der Waals surface area contributed by atoms with Gasteiger partial charge in [0.1, 0.15) is 52.7 Å². The Kier molecular flexibility index (Phi) is 18.7. The lowest BCUT2D eigenvalue weighted by Crippen LogP contribution is -2.52. The van der Waals surface area contributed by atoms with Gasteiger partial charge in [-0.15, -0.1) is 11.8 Å². The zero-order valence-corrected chi connectivity index (χ0v) is 46.4. The summed E-state index contributed by atoms with van der Waals surface area (Å²) in [6, 6.07) is 23.5. The Hall–Kier alpha value is -8.77. The molecule has 3 atom stereocenters. The molecule has 0 fully saturated rings. The van der Waals surface area contributed by atoms with Crippen LogP contribution in [0.5, 0.6) is 17.2 Å². The lowest BCUT2D eigenvalue weighted by atomic mass is 9.75. The van der Waals surface area contributed by atoms with Gasteiger partial charge in [0.05, 0.1) is 29.4 Å². The maximum Gasteiger partial charge on any atom is 0.409 e. The minimum Gasteiger partial charge on any atom is -0.507 e. The summed E-state index contributed by atoms with van der Waals surface area (Å²) in [4.78, 5) is 113. The van der Waals surface area contributed by atoms with Crippen molar-refractivity contribution in [3.63, 3.8) is 0 Å². The summed E-state index contributed by atoms with van der Waals surface area (Å²) in [5.74, 6) is -5.33. The first kappa shape index (κ1) is 58.4. The average Bonchev–Trinajstić information content (AvgIpc) is 3.72. The Morgan fingerprint density at radius 3 is 2.04 bits per heavy atom. The van der Waals surface area contributed by atoms with Crippen LogP contribution in [0.15, 0.2) is 83.9 Å². The van der Waals surface area contributed by atoms with Crippen LogP contribution in [0.4, 0.5) is 4.79 Å². The normalized spacial score (nSPS) is 14.6. The van der Waals surface area contributed by atoms with Crippen molar-refractivity contribution in [2.45, 2.75) is 94.5 Å². The molecule has 0 saturated heterocycles. The summed E-state index contributed by atoms with van der Waals surface area (Å²) in [5.41, 5.74) is 4.61. The molecule has 21 heteroatoms. The Balaban J connectivity index is 0.823. The van der Waals surface area contributed by atoms with Gasteiger partial charge < -0.3 is 51.2 Å². The molecule has 1 aromatic heterocycles. The van der Waals surface area contributed by atoms with Crippen molar-refractivity contribution in [2.24, 2.45) is 5.92 Å². The standard InChI is InChI=1S/C60H64N8O12S/c1-32(2)81-59-36(30-61)20-22-45(67-59)58(77)64-26-23-47(69)65-34(4)56(75)66-33(3)55(74)62-24-11-27-68(60(78)80-31-44-39-15-8-6-13-37(39)38-14-7-9-16-40(38)44)28-12-25-63-57(76)35-19-21-41-43(29-35)53(72)49-50(51(41)70)54(73)48-42(52(49)71)17-10-18-46(48)79-5/h6-10,13-18,20,22,32-35,44,70,72H,11-12,19,21,23-29,31H2,1-5H3,(H,62,74)(H,63,76)(H,64,77)(H,65,69)(H,66,75)/t33?,34-,35-/m0/s1. The molecule has 422 valence electrons. The first-order valence-corrected chi connectivity index (χ1v) is 27.8. The molecule has 0 spiro atoms. The number of hydrogen-bond acceptors (Lipinski definition) is 15. The fourth-order valence-electron chi connectivity index (χ4n) is 10.4. The van der Waals surface area contributed by atoms with Crippen LogP contribution >= 0.6 is 11.8 Å². The molecule has 3 aliphatic carbocycles. The minimum atomic E-state index is -1.02. The molecule has 0 radical (unpaired) electrons. The van der Waals surface area contributed by atoms with Gasteiger partial charge in [0.25, 0.3) is 5.91 Å². The number of phenols is 2. The number of nitrogens with zero attached hydrogens (tertiary/aromatic N) is 3. The number of amides is 6. The van der Waals surface area contributed by atoms with Crippen molar-refractivity contribution in [1.29, 1.82) is 5.26 Å². The number of rotatable bonds is 22. The highest BCUT2D eigenvalue weighted by atomic mass is 32.2. The van der Waals surface area contributed by atoms with E-state index in [9.17, 15) is 53.8 Å². The van der Waals surface area contributed by atoms with E-state index in [0.717, 1.165) is 22.3 Å². The number of thioether (sulfide) groups is 1. The van der Waals surface area contributed by atoms with E-state index >= 15 is 0 Å². The monoisotopic (exact) mass is 1120 g/mol. The fraction of sp³-hybridized carbons (Fsp3) is 0.367. The summed E-state index contributed by atoms with van der Waals surface area (Å²) < 4.78 is 11.3. The second-order valence-electron chi connectivity index (χ2n) is 20.3. The zero-order chi connectivity index (χ0) is 58.1. The predicted molar refractivity (Wildman–Crippen MR) is 299 cm³/mol. The van der Waals surface area contributed by atoms with Gasteiger partial charge in [-0.05, 0) is 86.4 Å². The molecule has 7 N–H and O–H groups in total. The molecule has 81 heavy (non-hydrogen) atoms. The van der Waals surface area contributed by atoms with Crippen LogP contribution in [0.1, 0.15) is 129 Å². The number of hydrogen-bond donors (Lipinski definition) is 7. The average molecular weight is 1120 g/mol. The third-order valence-corrected chi connectivity index (χ3v) is 15.5. The van der Waals surface area contributed by atoms with Gasteiger partial charge in [0, 0.05) is 72.9 Å². The number of methoxy groups -OCH3 is 1. The highest BCUT2D eigenvalue weighted by Gasteiger charge is 2.41. The van der Waals surface area contributed by atoms with E-state index in [1.807, 2.05) is 62.4 Å². The molecule has 6 amide bonds. The van der Waals surface area contributed by atoms with Crippen LogP contribution in [0.25, 0.3) is 11.1 Å². The van der Waals surface area contributed by atoms with Gasteiger partial charge in [-0.1, -0.05) is 74.5 Å². The van der Waals surface area contributed by atoms with Gasteiger partial charge in [0.2, 0.25) is 29.4 Å². The zero-order valence-electron chi connectivity index (χ0n) is 45.6. The van der Waals surface area contributed by atoms with Crippen LogP contribution in [0, 0.1) is 17.2 Å². The molecular formula is C60H64N8O12S. The van der Waals surface area contributed by atoms with Crippen molar-refractivity contribution in [3.8, 4) is 34.4 Å². The van der Waals surface area contributed by atoms with Crippen molar-refractivity contribution < 1.29 is 58.0 Å². The molecule has 0 aliphatic heterocycles. The number of aromatic nitrogens is 1. The molecule has 0 saturated carbocycles. The highest BCUT2D eigenvalue weighted by Crippen LogP contribution is 2.48. The Morgan fingerprint density at radius 2 is 1.37 bits per heavy atom. The van der Waals surface area contributed by atoms with Crippen LogP contribution in [-0.4, -0.2) is 131 Å². The first-order valence-electron chi connectivity index (χ1n) is 26.9. The number of benzene rings is 4. The van der Waals surface area contributed by atoms with Crippen LogP contribution in [0.2, 0.25) is 0 Å². The van der Waals surface area contributed by atoms with Crippen LogP contribution in [0.3, 0.4) is 0 Å². The van der Waals surface area contributed by atoms with E-state index in [1.165, 1.54) is 61.9 Å². The SMILES string of the molecule is COc1cccc2c1C(=O)c1c(O)c3c(c(O)c1C2=O)C[C@@H](C(=O)NCCCN(CCCNC(=O)C(C)NC(=O)[C@H](C)NC(=O)CCNC(=O)c1ccc(C#N)c(SC(C)C)n1)C(=O)OCC1c2ccccc2-c2ccccc21)CC3. The van der Waals surface area contributed by atoms with Crippen molar-refractivity contribution in [1.82, 2.24) is 36.5 Å². The highest BCUT2D eigenvalue weighted by molar-refractivity contribution is 7.99. The maximum atomic E-state index is 14.0. The van der Waals surface area contributed by atoms with Gasteiger partial charge in [-0.3, -0.25) is 33.6 Å². The maximum absolute atomic E-state index is 14.0. The topological polar surface area (TPSA) is 296 Å². The number of carbonyl (C=O) groups is 8. The minimum absolute atomic E-state index is 0.00112. The summed E-state index contributed by atoms with van der Waals surface area (Å²) in [7, 11) is 1.37. The quantitative estimate of drug-likeness (QED) is 0.0238. The van der Waals surface area contributed by atoms with E-state index in [1.54, 1.807) is 6.07 Å². The first-order chi connectivity index (χ1) is 38.9. The molecule has 1 unspecified atom stereocenters. The Labute approximate surface area is 472 Å². The van der Waals surface area contributed by atoms with E-state index in [-0.39, 0.29) is 121 Å². The number of ketones is 2. The number of carbonyl (C=O) groups excluding carboxylic acids is 8. The molecule has 4 aromatic carbocycles. The second kappa shape index (κ2) is 26.0. The molecule has 8 rings (SSSR count). The lowest BCUT2D eigenvalue weighted by molar-refractivity contribution is -0.131. The Bertz CT molecular complexity index is 3310. The summed E-state index contributed by atoms with van der Waals surface area (Å²) >= 11 is 1.35. The largest absolute Gasteiger partial charge is 0.507 e. The lowest BCUT2D eigenvalue weighted by Gasteiger charge is -2.29. The second-order valence-corrected chi connectivity index (χ2v) is 21.9. The fourth-order valence-corrected chi connectivity index (χ4v) is 11.2. The summed E-state index contributed by atoms with van der Waals surface area (Å²) in [6.45, 7) is 7.43. The molecule has 20 nitrogen and oxygen atoms in total. The number of fused-ring (bicyclic) bond motifs is 6. The third-order valence-electron chi connectivity index (χ3n) is 14.5. The number of phenolic OH excluding ortho intramolecular Hbond substituents is 2. The number of pyridine rings is 1. The predicted octanol–water partition coefficient (Wildman–Crippen LogP) is 5.85. The summed E-state index contributed by atoms with van der Waals surface area (Å²) in [6.07, 6.45) is 0.296.